The first-order valence-electron chi connectivity index (χ1n) is 6.81. The van der Waals surface area contributed by atoms with Gasteiger partial charge in [0.05, 0.1) is 12.7 Å². The van der Waals surface area contributed by atoms with Crippen LogP contribution in [0.3, 0.4) is 0 Å². The molecule has 0 radical (unpaired) electrons. The number of pyridine rings is 1. The van der Waals surface area contributed by atoms with Gasteiger partial charge in [-0.25, -0.2) is 14.3 Å². The lowest BCUT2D eigenvalue weighted by atomic mass is 10.1. The second kappa shape index (κ2) is 5.83. The van der Waals surface area contributed by atoms with Gasteiger partial charge in [0.1, 0.15) is 0 Å². The van der Waals surface area contributed by atoms with E-state index in [4.69, 9.17) is 4.74 Å². The average molecular weight is 291 g/mol. The van der Waals surface area contributed by atoms with Crippen molar-refractivity contribution >= 4 is 23.4 Å². The Bertz CT molecular complexity index is 620. The molecule has 0 amide bonds. The molecule has 20 heavy (non-hydrogen) atoms. The summed E-state index contributed by atoms with van der Waals surface area (Å²) >= 11 is 2.02. The van der Waals surface area contributed by atoms with E-state index in [1.165, 1.54) is 32.1 Å². The van der Waals surface area contributed by atoms with Crippen LogP contribution in [-0.4, -0.2) is 38.7 Å². The third-order valence-electron chi connectivity index (χ3n) is 3.49. The lowest BCUT2D eigenvalue weighted by Crippen LogP contribution is -2.13. The molecule has 1 saturated heterocycles. The molecule has 1 aliphatic heterocycles. The van der Waals surface area contributed by atoms with Crippen LogP contribution in [0.5, 0.6) is 0 Å². The first-order chi connectivity index (χ1) is 9.76. The Balaban J connectivity index is 1.81. The number of ether oxygens (including phenoxy) is 1. The molecular weight excluding hydrogens is 274 g/mol. The number of carbonyl (C=O) groups excluding carboxylic acids is 1. The fourth-order valence-electron chi connectivity index (χ4n) is 2.43. The number of aromatic nitrogens is 3. The largest absolute Gasteiger partial charge is 0.465 e. The van der Waals surface area contributed by atoms with Crippen LogP contribution in [0.4, 0.5) is 0 Å². The van der Waals surface area contributed by atoms with Gasteiger partial charge in [-0.05, 0) is 30.7 Å². The first kappa shape index (κ1) is 13.4. The monoisotopic (exact) mass is 291 g/mol. The van der Waals surface area contributed by atoms with Gasteiger partial charge < -0.3 is 4.74 Å². The Morgan fingerprint density at radius 3 is 3.20 bits per heavy atom. The molecule has 2 aromatic rings. The molecular formula is C14H17N3O2S. The molecule has 0 aliphatic carbocycles. The minimum Gasteiger partial charge on any atom is -0.465 e. The van der Waals surface area contributed by atoms with Crippen molar-refractivity contribution in [3.8, 4) is 0 Å². The highest BCUT2D eigenvalue weighted by atomic mass is 32.2. The number of hydrogen-bond acceptors (Lipinski definition) is 5. The quantitative estimate of drug-likeness (QED) is 0.812. The highest BCUT2D eigenvalue weighted by Crippen LogP contribution is 2.27. The third kappa shape index (κ3) is 2.80. The van der Waals surface area contributed by atoms with Crippen molar-refractivity contribution in [3.63, 3.8) is 0 Å². The number of carbonyl (C=O) groups is 1. The van der Waals surface area contributed by atoms with Crippen LogP contribution in [0.1, 0.15) is 35.4 Å². The number of fused-ring (bicyclic) bond motifs is 1. The number of rotatable bonds is 3. The zero-order valence-corrected chi connectivity index (χ0v) is 12.2. The van der Waals surface area contributed by atoms with Crippen LogP contribution in [-0.2, 0) is 11.2 Å². The number of thioether (sulfide) groups is 1. The van der Waals surface area contributed by atoms with Crippen LogP contribution in [0, 0.1) is 0 Å². The molecule has 1 atom stereocenters. The smallest absolute Gasteiger partial charge is 0.338 e. The van der Waals surface area contributed by atoms with Crippen molar-refractivity contribution in [1.29, 1.82) is 0 Å². The van der Waals surface area contributed by atoms with Crippen LogP contribution in [0.2, 0.25) is 0 Å². The lowest BCUT2D eigenvalue weighted by Gasteiger charge is -2.19. The standard InChI is InChI=1S/C14H17N3O2S/c1-19-14(18)10-5-6-17-13(8-10)15-12(16-17)9-11-4-2-3-7-20-11/h5-6,8,11H,2-4,7,9H2,1H3. The highest BCUT2D eigenvalue weighted by molar-refractivity contribution is 7.99. The Kier molecular flexibility index (Phi) is 3.91. The van der Waals surface area contributed by atoms with Gasteiger partial charge in [0.25, 0.3) is 0 Å². The van der Waals surface area contributed by atoms with Crippen LogP contribution < -0.4 is 0 Å². The van der Waals surface area contributed by atoms with Gasteiger partial charge in [-0.2, -0.15) is 16.9 Å². The number of esters is 1. The number of nitrogens with zero attached hydrogens (tertiary/aromatic N) is 3. The van der Waals surface area contributed by atoms with E-state index in [-0.39, 0.29) is 5.97 Å². The van der Waals surface area contributed by atoms with Crippen LogP contribution >= 0.6 is 11.8 Å². The normalized spacial score (nSPS) is 19.1. The van der Waals surface area contributed by atoms with E-state index in [1.807, 2.05) is 11.8 Å². The third-order valence-corrected chi connectivity index (χ3v) is 4.88. The van der Waals surface area contributed by atoms with E-state index in [9.17, 15) is 4.79 Å². The molecule has 1 aliphatic rings. The van der Waals surface area contributed by atoms with Crippen molar-refractivity contribution in [1.82, 2.24) is 14.6 Å². The molecule has 3 heterocycles. The summed E-state index contributed by atoms with van der Waals surface area (Å²) in [5, 5.41) is 5.10. The molecule has 1 fully saturated rings. The zero-order chi connectivity index (χ0) is 13.9. The molecule has 0 spiro atoms. The fraction of sp³-hybridized carbons (Fsp3) is 0.500. The summed E-state index contributed by atoms with van der Waals surface area (Å²) in [4.78, 5) is 16.0. The summed E-state index contributed by atoms with van der Waals surface area (Å²) in [5.74, 6) is 1.75. The predicted molar refractivity (Wildman–Crippen MR) is 78.1 cm³/mol. The van der Waals surface area contributed by atoms with Crippen molar-refractivity contribution in [2.45, 2.75) is 30.9 Å². The summed E-state index contributed by atoms with van der Waals surface area (Å²) in [5.41, 5.74) is 1.20. The lowest BCUT2D eigenvalue weighted by molar-refractivity contribution is 0.0600. The SMILES string of the molecule is COC(=O)c1ccn2nc(CC3CCCCS3)nc2c1. The maximum absolute atomic E-state index is 11.5. The maximum Gasteiger partial charge on any atom is 0.338 e. The Hall–Kier alpha value is -1.56. The summed E-state index contributed by atoms with van der Waals surface area (Å²) in [6.07, 6.45) is 6.53. The van der Waals surface area contributed by atoms with Crippen LogP contribution in [0.25, 0.3) is 5.65 Å². The molecule has 3 rings (SSSR count). The van der Waals surface area contributed by atoms with Crippen molar-refractivity contribution in [2.24, 2.45) is 0 Å². The van der Waals surface area contributed by atoms with E-state index < -0.39 is 0 Å². The Labute approximate surface area is 121 Å². The van der Waals surface area contributed by atoms with Crippen molar-refractivity contribution < 1.29 is 9.53 Å². The molecule has 1 unspecified atom stereocenters. The maximum atomic E-state index is 11.5. The summed E-state index contributed by atoms with van der Waals surface area (Å²) in [7, 11) is 1.38. The molecule has 5 nitrogen and oxygen atoms in total. The Morgan fingerprint density at radius 1 is 1.55 bits per heavy atom. The van der Waals surface area contributed by atoms with E-state index in [2.05, 4.69) is 10.1 Å². The molecule has 2 aromatic heterocycles. The average Bonchev–Trinajstić information content (AvgIpc) is 2.88. The molecule has 0 saturated carbocycles. The highest BCUT2D eigenvalue weighted by Gasteiger charge is 2.17. The van der Waals surface area contributed by atoms with Gasteiger partial charge in [-0.15, -0.1) is 0 Å². The Morgan fingerprint density at radius 2 is 2.45 bits per heavy atom. The fourth-order valence-corrected chi connectivity index (χ4v) is 3.74. The van der Waals surface area contributed by atoms with Gasteiger partial charge in [0, 0.05) is 17.9 Å². The zero-order valence-electron chi connectivity index (χ0n) is 11.4. The van der Waals surface area contributed by atoms with Gasteiger partial charge in [0.2, 0.25) is 0 Å². The summed E-state index contributed by atoms with van der Waals surface area (Å²) < 4.78 is 6.43. The minimum absolute atomic E-state index is 0.347. The molecule has 0 bridgehead atoms. The van der Waals surface area contributed by atoms with Gasteiger partial charge in [-0.1, -0.05) is 6.42 Å². The molecule has 106 valence electrons. The van der Waals surface area contributed by atoms with E-state index in [0.29, 0.717) is 16.5 Å². The first-order valence-corrected chi connectivity index (χ1v) is 7.86. The van der Waals surface area contributed by atoms with E-state index >= 15 is 0 Å². The second-order valence-corrected chi connectivity index (χ2v) is 6.34. The number of methoxy groups -OCH3 is 1. The number of hydrogen-bond donors (Lipinski definition) is 0. The van der Waals surface area contributed by atoms with Gasteiger partial charge >= 0.3 is 5.97 Å². The molecule has 6 heteroatoms. The topological polar surface area (TPSA) is 56.5 Å². The molecule has 0 aromatic carbocycles. The minimum atomic E-state index is -0.347. The van der Waals surface area contributed by atoms with Crippen LogP contribution in [0.15, 0.2) is 18.3 Å². The van der Waals surface area contributed by atoms with Crippen molar-refractivity contribution in [2.75, 3.05) is 12.9 Å². The van der Waals surface area contributed by atoms with Crippen molar-refractivity contribution in [3.05, 3.63) is 29.7 Å². The second-order valence-electron chi connectivity index (χ2n) is 4.93. The van der Waals surface area contributed by atoms with Gasteiger partial charge in [0.15, 0.2) is 11.5 Å². The predicted octanol–water partition coefficient (Wildman–Crippen LogP) is 2.34. The van der Waals surface area contributed by atoms with E-state index in [1.54, 1.807) is 22.8 Å². The van der Waals surface area contributed by atoms with E-state index in [0.717, 1.165) is 12.2 Å². The van der Waals surface area contributed by atoms with Gasteiger partial charge in [-0.3, -0.25) is 0 Å². The summed E-state index contributed by atoms with van der Waals surface area (Å²) in [6, 6.07) is 3.42. The summed E-state index contributed by atoms with van der Waals surface area (Å²) in [6.45, 7) is 0. The molecule has 0 N–H and O–H groups in total.